The van der Waals surface area contributed by atoms with Gasteiger partial charge in [-0.05, 0) is 42.6 Å². The van der Waals surface area contributed by atoms with E-state index in [1.54, 1.807) is 0 Å². The summed E-state index contributed by atoms with van der Waals surface area (Å²) in [6, 6.07) is 19.5. The molecular weight excluding hydrogens is 258 g/mol. The van der Waals surface area contributed by atoms with Crippen LogP contribution in [0.15, 0.2) is 54.6 Å². The number of hydrogen-bond donors (Lipinski definition) is 1. The minimum absolute atomic E-state index is 0.0543. The minimum atomic E-state index is -0.0543. The van der Waals surface area contributed by atoms with E-state index < -0.39 is 0 Å². The Morgan fingerprint density at radius 2 is 1.67 bits per heavy atom. The van der Waals surface area contributed by atoms with Gasteiger partial charge >= 0.3 is 0 Å². The molecule has 0 aliphatic carbocycles. The second-order valence-electron chi connectivity index (χ2n) is 6.13. The molecule has 0 radical (unpaired) electrons. The van der Waals surface area contributed by atoms with E-state index in [1.807, 2.05) is 0 Å². The average molecular weight is 279 g/mol. The van der Waals surface area contributed by atoms with Gasteiger partial charge in [0, 0.05) is 6.42 Å². The van der Waals surface area contributed by atoms with Crippen LogP contribution in [-0.2, 0) is 16.8 Å². The highest BCUT2D eigenvalue weighted by molar-refractivity contribution is 5.39. The summed E-state index contributed by atoms with van der Waals surface area (Å²) >= 11 is 0. The third-order valence-electron chi connectivity index (χ3n) is 4.84. The van der Waals surface area contributed by atoms with Gasteiger partial charge < -0.3 is 10.1 Å². The van der Waals surface area contributed by atoms with Gasteiger partial charge in [-0.3, -0.25) is 0 Å². The van der Waals surface area contributed by atoms with Crippen molar-refractivity contribution in [2.45, 2.75) is 31.0 Å². The molecule has 2 aliphatic rings. The van der Waals surface area contributed by atoms with E-state index in [-0.39, 0.29) is 11.7 Å². The average Bonchev–Trinajstić information content (AvgIpc) is 2.83. The second-order valence-corrected chi connectivity index (χ2v) is 6.13. The molecule has 2 nitrogen and oxygen atoms in total. The fourth-order valence-electron chi connectivity index (χ4n) is 3.79. The van der Waals surface area contributed by atoms with E-state index in [1.165, 1.54) is 16.7 Å². The molecule has 2 heterocycles. The quantitative estimate of drug-likeness (QED) is 0.907. The van der Waals surface area contributed by atoms with Crippen molar-refractivity contribution in [3.63, 3.8) is 0 Å². The predicted molar refractivity (Wildman–Crippen MR) is 84.2 cm³/mol. The Morgan fingerprint density at radius 1 is 0.952 bits per heavy atom. The van der Waals surface area contributed by atoms with Gasteiger partial charge in [-0.2, -0.15) is 0 Å². The zero-order chi connectivity index (χ0) is 14.1. The first-order valence-electron chi connectivity index (χ1n) is 7.89. The SMILES string of the molecule is c1ccc(CC2OC3(CCNCC3)c3ccccc32)cc1. The Kier molecular flexibility index (Phi) is 3.28. The smallest absolute Gasteiger partial charge is 0.0967 e. The monoisotopic (exact) mass is 279 g/mol. The zero-order valence-electron chi connectivity index (χ0n) is 12.2. The van der Waals surface area contributed by atoms with Crippen LogP contribution in [0.2, 0.25) is 0 Å². The molecule has 1 spiro atoms. The van der Waals surface area contributed by atoms with Crippen LogP contribution < -0.4 is 5.32 Å². The lowest BCUT2D eigenvalue weighted by molar-refractivity contribution is -0.0938. The number of benzene rings is 2. The molecule has 2 aromatic carbocycles. The van der Waals surface area contributed by atoms with E-state index in [0.29, 0.717) is 0 Å². The number of hydrogen-bond acceptors (Lipinski definition) is 2. The number of piperidine rings is 1. The van der Waals surface area contributed by atoms with Gasteiger partial charge in [0.15, 0.2) is 0 Å². The Hall–Kier alpha value is -1.64. The van der Waals surface area contributed by atoms with Crippen LogP contribution in [0.3, 0.4) is 0 Å². The van der Waals surface area contributed by atoms with Crippen LogP contribution in [0.4, 0.5) is 0 Å². The van der Waals surface area contributed by atoms with Crippen LogP contribution in [0, 0.1) is 0 Å². The van der Waals surface area contributed by atoms with Crippen molar-refractivity contribution in [2.75, 3.05) is 13.1 Å². The molecule has 0 amide bonds. The van der Waals surface area contributed by atoms with Crippen LogP contribution in [0.25, 0.3) is 0 Å². The Balaban J connectivity index is 1.68. The summed E-state index contributed by atoms with van der Waals surface area (Å²) in [5, 5.41) is 3.45. The molecule has 1 atom stereocenters. The molecule has 0 bridgehead atoms. The number of ether oxygens (including phenoxy) is 1. The number of fused-ring (bicyclic) bond motifs is 2. The van der Waals surface area contributed by atoms with Crippen LogP contribution in [-0.4, -0.2) is 13.1 Å². The van der Waals surface area contributed by atoms with Gasteiger partial charge in [-0.15, -0.1) is 0 Å². The highest BCUT2D eigenvalue weighted by atomic mass is 16.5. The Bertz CT molecular complexity index is 616. The molecular formula is C19H21NO. The summed E-state index contributed by atoms with van der Waals surface area (Å²) in [4.78, 5) is 0. The first kappa shape index (κ1) is 13.1. The van der Waals surface area contributed by atoms with Crippen molar-refractivity contribution in [1.29, 1.82) is 0 Å². The summed E-state index contributed by atoms with van der Waals surface area (Å²) < 4.78 is 6.62. The van der Waals surface area contributed by atoms with E-state index in [9.17, 15) is 0 Å². The molecule has 1 N–H and O–H groups in total. The van der Waals surface area contributed by atoms with E-state index in [4.69, 9.17) is 4.74 Å². The lowest BCUT2D eigenvalue weighted by Crippen LogP contribution is -2.39. The van der Waals surface area contributed by atoms with Gasteiger partial charge in [-0.1, -0.05) is 54.6 Å². The molecule has 2 heteroatoms. The first-order chi connectivity index (χ1) is 10.4. The maximum absolute atomic E-state index is 6.62. The van der Waals surface area contributed by atoms with Gasteiger partial charge in [-0.25, -0.2) is 0 Å². The van der Waals surface area contributed by atoms with Crippen molar-refractivity contribution in [3.8, 4) is 0 Å². The molecule has 21 heavy (non-hydrogen) atoms. The van der Waals surface area contributed by atoms with Crippen molar-refractivity contribution in [2.24, 2.45) is 0 Å². The van der Waals surface area contributed by atoms with Gasteiger partial charge in [0.25, 0.3) is 0 Å². The topological polar surface area (TPSA) is 21.3 Å². The standard InChI is InChI=1S/C19H21NO/c1-2-6-15(7-3-1)14-18-16-8-4-5-9-17(16)19(21-18)10-12-20-13-11-19/h1-9,18,20H,10-14H2. The van der Waals surface area contributed by atoms with Crippen molar-refractivity contribution >= 4 is 0 Å². The normalized spacial score (nSPS) is 23.1. The van der Waals surface area contributed by atoms with Gasteiger partial charge in [0.1, 0.15) is 0 Å². The molecule has 2 aromatic rings. The minimum Gasteiger partial charge on any atom is -0.362 e. The van der Waals surface area contributed by atoms with Crippen LogP contribution >= 0.6 is 0 Å². The van der Waals surface area contributed by atoms with Gasteiger partial charge in [0.05, 0.1) is 11.7 Å². The summed E-state index contributed by atoms with van der Waals surface area (Å²) in [5.41, 5.74) is 4.11. The predicted octanol–water partition coefficient (Wildman–Crippen LogP) is 3.58. The summed E-state index contributed by atoms with van der Waals surface area (Å²) in [6.45, 7) is 2.10. The zero-order valence-corrected chi connectivity index (χ0v) is 12.2. The first-order valence-corrected chi connectivity index (χ1v) is 7.89. The maximum Gasteiger partial charge on any atom is 0.0967 e. The fraction of sp³-hybridized carbons (Fsp3) is 0.368. The number of rotatable bonds is 2. The highest BCUT2D eigenvalue weighted by Crippen LogP contribution is 2.49. The third kappa shape index (κ3) is 2.29. The molecule has 1 fully saturated rings. The van der Waals surface area contributed by atoms with Crippen LogP contribution in [0.1, 0.15) is 35.6 Å². The lowest BCUT2D eigenvalue weighted by Gasteiger charge is -2.34. The third-order valence-corrected chi connectivity index (χ3v) is 4.84. The van der Waals surface area contributed by atoms with Crippen molar-refractivity contribution in [3.05, 3.63) is 71.3 Å². The van der Waals surface area contributed by atoms with E-state index in [2.05, 4.69) is 59.9 Å². The second kappa shape index (κ2) is 5.28. The Labute approximate surface area is 126 Å². The van der Waals surface area contributed by atoms with Crippen molar-refractivity contribution in [1.82, 2.24) is 5.32 Å². The van der Waals surface area contributed by atoms with E-state index >= 15 is 0 Å². The molecule has 1 saturated heterocycles. The molecule has 2 aliphatic heterocycles. The molecule has 0 saturated carbocycles. The molecule has 1 unspecified atom stereocenters. The summed E-state index contributed by atoms with van der Waals surface area (Å²) in [5.74, 6) is 0. The Morgan fingerprint density at radius 3 is 2.48 bits per heavy atom. The van der Waals surface area contributed by atoms with Crippen molar-refractivity contribution < 1.29 is 4.74 Å². The maximum atomic E-state index is 6.62. The van der Waals surface area contributed by atoms with Gasteiger partial charge in [0.2, 0.25) is 0 Å². The lowest BCUT2D eigenvalue weighted by atomic mass is 9.84. The molecule has 0 aromatic heterocycles. The molecule has 108 valence electrons. The van der Waals surface area contributed by atoms with Crippen LogP contribution in [0.5, 0.6) is 0 Å². The summed E-state index contributed by atoms with van der Waals surface area (Å²) in [6.07, 6.45) is 3.32. The number of nitrogens with one attached hydrogen (secondary N) is 1. The highest BCUT2D eigenvalue weighted by Gasteiger charge is 2.45. The summed E-state index contributed by atoms with van der Waals surface area (Å²) in [7, 11) is 0. The largest absolute Gasteiger partial charge is 0.362 e. The fourth-order valence-corrected chi connectivity index (χ4v) is 3.79. The van der Waals surface area contributed by atoms with E-state index in [0.717, 1.165) is 32.4 Å². The molecule has 4 rings (SSSR count).